The van der Waals surface area contributed by atoms with Gasteiger partial charge in [-0.25, -0.2) is 0 Å². The zero-order valence-corrected chi connectivity index (χ0v) is 17.0. The number of nitrogens with one attached hydrogen (secondary N) is 1. The van der Waals surface area contributed by atoms with Gasteiger partial charge in [0.05, 0.1) is 13.0 Å². The molecular formula is C23H22N4O3. The summed E-state index contributed by atoms with van der Waals surface area (Å²) in [6.45, 7) is 4.37. The maximum Gasteiger partial charge on any atom is 0.244 e. The number of aryl methyl sites for hydroxylation is 2. The molecule has 152 valence electrons. The molecule has 0 saturated carbocycles. The quantitative estimate of drug-likeness (QED) is 0.672. The molecule has 1 aromatic heterocycles. The molecule has 1 aliphatic heterocycles. The molecule has 0 unspecified atom stereocenters. The van der Waals surface area contributed by atoms with E-state index >= 15 is 0 Å². The highest BCUT2D eigenvalue weighted by Crippen LogP contribution is 2.44. The summed E-state index contributed by atoms with van der Waals surface area (Å²) in [5.41, 5.74) is 11.0. The zero-order chi connectivity index (χ0) is 21.3. The number of nitrogens with two attached hydrogens (primary N) is 1. The lowest BCUT2D eigenvalue weighted by Gasteiger charge is -2.24. The second-order valence-corrected chi connectivity index (χ2v) is 7.12. The van der Waals surface area contributed by atoms with Crippen LogP contribution in [0.25, 0.3) is 0 Å². The monoisotopic (exact) mass is 402 g/mol. The molecule has 3 aromatic rings. The van der Waals surface area contributed by atoms with E-state index in [1.165, 1.54) is 0 Å². The Labute approximate surface area is 174 Å². The molecular weight excluding hydrogens is 380 g/mol. The lowest BCUT2D eigenvalue weighted by molar-refractivity contribution is 0.283. The van der Waals surface area contributed by atoms with Gasteiger partial charge in [0.15, 0.2) is 11.5 Å². The summed E-state index contributed by atoms with van der Waals surface area (Å²) in [6, 6.07) is 15.9. The minimum Gasteiger partial charge on any atom is -0.493 e. The van der Waals surface area contributed by atoms with Gasteiger partial charge in [-0.05, 0) is 42.7 Å². The molecule has 30 heavy (non-hydrogen) atoms. The fraction of sp³-hybridized carbons (Fsp3) is 0.217. The molecule has 2 heterocycles. The molecule has 0 aliphatic carbocycles. The summed E-state index contributed by atoms with van der Waals surface area (Å²) >= 11 is 0. The van der Waals surface area contributed by atoms with E-state index in [1.54, 1.807) is 7.11 Å². The van der Waals surface area contributed by atoms with Crippen molar-refractivity contribution in [1.29, 1.82) is 5.26 Å². The van der Waals surface area contributed by atoms with Crippen LogP contribution in [0.15, 0.2) is 53.9 Å². The Hall–Kier alpha value is -3.92. The molecule has 0 fully saturated rings. The Morgan fingerprint density at radius 2 is 2.00 bits per heavy atom. The van der Waals surface area contributed by atoms with E-state index in [-0.39, 0.29) is 5.88 Å². The van der Waals surface area contributed by atoms with Gasteiger partial charge in [0.25, 0.3) is 0 Å². The van der Waals surface area contributed by atoms with E-state index in [1.807, 2.05) is 43.3 Å². The van der Waals surface area contributed by atoms with Crippen LogP contribution in [0.2, 0.25) is 0 Å². The topological polar surface area (TPSA) is 106 Å². The summed E-state index contributed by atoms with van der Waals surface area (Å²) in [7, 11) is 1.59. The van der Waals surface area contributed by atoms with Crippen LogP contribution >= 0.6 is 0 Å². The van der Waals surface area contributed by atoms with Crippen molar-refractivity contribution in [3.8, 4) is 23.4 Å². The largest absolute Gasteiger partial charge is 0.493 e. The van der Waals surface area contributed by atoms with Gasteiger partial charge in [-0.2, -0.15) is 5.26 Å². The Morgan fingerprint density at radius 1 is 1.20 bits per heavy atom. The molecule has 7 heteroatoms. The van der Waals surface area contributed by atoms with E-state index < -0.39 is 5.92 Å². The van der Waals surface area contributed by atoms with Gasteiger partial charge in [-0.1, -0.05) is 30.3 Å². The first kappa shape index (κ1) is 19.4. The summed E-state index contributed by atoms with van der Waals surface area (Å²) < 4.78 is 17.1. The summed E-state index contributed by atoms with van der Waals surface area (Å²) in [6.07, 6.45) is 0. The van der Waals surface area contributed by atoms with Gasteiger partial charge in [-0.15, -0.1) is 5.10 Å². The number of aromatic nitrogens is 2. The number of allylic oxidation sites excluding steroid dienone is 1. The van der Waals surface area contributed by atoms with Crippen molar-refractivity contribution in [2.75, 3.05) is 7.11 Å². The van der Waals surface area contributed by atoms with Crippen molar-refractivity contribution in [3.05, 3.63) is 81.9 Å². The number of benzene rings is 2. The number of nitriles is 1. The molecule has 1 atom stereocenters. The molecule has 0 radical (unpaired) electrons. The van der Waals surface area contributed by atoms with Crippen LogP contribution in [0.1, 0.15) is 33.9 Å². The van der Waals surface area contributed by atoms with Crippen molar-refractivity contribution < 1.29 is 14.2 Å². The second-order valence-electron chi connectivity index (χ2n) is 7.12. The Balaban J connectivity index is 1.70. The summed E-state index contributed by atoms with van der Waals surface area (Å²) in [5, 5.41) is 16.8. The predicted octanol–water partition coefficient (Wildman–Crippen LogP) is 3.83. The first-order chi connectivity index (χ1) is 14.5. The van der Waals surface area contributed by atoms with Crippen molar-refractivity contribution in [1.82, 2.24) is 10.2 Å². The van der Waals surface area contributed by atoms with Crippen LogP contribution in [0.4, 0.5) is 0 Å². The van der Waals surface area contributed by atoms with Crippen LogP contribution in [0.3, 0.4) is 0 Å². The molecule has 0 amide bonds. The van der Waals surface area contributed by atoms with Gasteiger partial charge in [0.2, 0.25) is 11.8 Å². The Morgan fingerprint density at radius 3 is 2.73 bits per heavy atom. The Bertz CT molecular complexity index is 1170. The number of fused-ring (bicyclic) bond motifs is 1. The van der Waals surface area contributed by atoms with E-state index in [0.717, 1.165) is 27.9 Å². The van der Waals surface area contributed by atoms with E-state index in [2.05, 4.69) is 29.3 Å². The summed E-state index contributed by atoms with van der Waals surface area (Å²) in [4.78, 5) is 0. The first-order valence-electron chi connectivity index (χ1n) is 9.51. The van der Waals surface area contributed by atoms with E-state index in [4.69, 9.17) is 19.9 Å². The molecule has 0 spiro atoms. The number of nitrogens with zero attached hydrogens (tertiary/aromatic N) is 2. The number of hydrogen-bond donors (Lipinski definition) is 2. The maximum absolute atomic E-state index is 9.71. The van der Waals surface area contributed by atoms with Crippen LogP contribution < -0.4 is 19.9 Å². The molecule has 0 saturated heterocycles. The molecule has 1 aliphatic rings. The number of methoxy groups -OCH3 is 1. The minimum atomic E-state index is -0.406. The average Bonchev–Trinajstić information content (AvgIpc) is 3.12. The van der Waals surface area contributed by atoms with Crippen LogP contribution in [0.5, 0.6) is 17.4 Å². The third-order valence-electron chi connectivity index (χ3n) is 5.29. The van der Waals surface area contributed by atoms with Crippen molar-refractivity contribution >= 4 is 0 Å². The predicted molar refractivity (Wildman–Crippen MR) is 111 cm³/mol. The number of ether oxygens (including phenoxy) is 3. The number of aromatic amines is 1. The van der Waals surface area contributed by atoms with Crippen LogP contribution in [-0.2, 0) is 6.61 Å². The first-order valence-corrected chi connectivity index (χ1v) is 9.51. The maximum atomic E-state index is 9.71. The summed E-state index contributed by atoms with van der Waals surface area (Å²) in [5.74, 6) is 1.23. The van der Waals surface area contributed by atoms with Crippen molar-refractivity contribution in [2.45, 2.75) is 26.4 Å². The van der Waals surface area contributed by atoms with E-state index in [0.29, 0.717) is 29.6 Å². The zero-order valence-electron chi connectivity index (χ0n) is 17.0. The van der Waals surface area contributed by atoms with Gasteiger partial charge in [0, 0.05) is 11.3 Å². The molecule has 7 nitrogen and oxygen atoms in total. The Kier molecular flexibility index (Phi) is 5.07. The van der Waals surface area contributed by atoms with Gasteiger partial charge >= 0.3 is 0 Å². The third-order valence-corrected chi connectivity index (χ3v) is 5.29. The standard InChI is InChI=1S/C23H22N4O3/c1-13-6-4-5-7-16(13)12-29-18-9-8-15(10-19(18)28-3)21-17(11-24)22(25)30-23-20(21)14(2)26-27-23/h4-10,21H,12,25H2,1-3H3,(H,26,27)/t21-/m1/s1. The second kappa shape index (κ2) is 7.84. The van der Waals surface area contributed by atoms with Gasteiger partial charge in [0.1, 0.15) is 18.2 Å². The highest BCUT2D eigenvalue weighted by molar-refractivity contribution is 5.57. The highest BCUT2D eigenvalue weighted by Gasteiger charge is 2.34. The van der Waals surface area contributed by atoms with E-state index in [9.17, 15) is 5.26 Å². The van der Waals surface area contributed by atoms with Crippen molar-refractivity contribution in [2.24, 2.45) is 5.73 Å². The fourth-order valence-electron chi connectivity index (χ4n) is 3.64. The van der Waals surface area contributed by atoms with Crippen molar-refractivity contribution in [3.63, 3.8) is 0 Å². The fourth-order valence-corrected chi connectivity index (χ4v) is 3.64. The number of rotatable bonds is 5. The normalized spacial score (nSPS) is 15.2. The van der Waals surface area contributed by atoms with Gasteiger partial charge in [-0.3, -0.25) is 5.10 Å². The minimum absolute atomic E-state index is 0.0559. The SMILES string of the molecule is COc1cc([C@@H]2C(C#N)=C(N)Oc3n[nH]c(C)c32)ccc1OCc1ccccc1C. The molecule has 3 N–H and O–H groups in total. The average molecular weight is 402 g/mol. The lowest BCUT2D eigenvalue weighted by Crippen LogP contribution is -2.21. The molecule has 2 aromatic carbocycles. The smallest absolute Gasteiger partial charge is 0.244 e. The third kappa shape index (κ3) is 3.33. The lowest BCUT2D eigenvalue weighted by atomic mass is 9.84. The highest BCUT2D eigenvalue weighted by atomic mass is 16.5. The number of H-pyrrole nitrogens is 1. The number of hydrogen-bond acceptors (Lipinski definition) is 6. The van der Waals surface area contributed by atoms with Crippen LogP contribution in [-0.4, -0.2) is 17.3 Å². The van der Waals surface area contributed by atoms with Gasteiger partial charge < -0.3 is 19.9 Å². The van der Waals surface area contributed by atoms with Crippen LogP contribution in [0, 0.1) is 25.2 Å². The molecule has 0 bridgehead atoms. The molecule has 4 rings (SSSR count).